The van der Waals surface area contributed by atoms with Crippen LogP contribution >= 0.6 is 0 Å². The summed E-state index contributed by atoms with van der Waals surface area (Å²) in [6.45, 7) is 2.03. The Morgan fingerprint density at radius 1 is 1.33 bits per heavy atom. The van der Waals surface area contributed by atoms with Crippen LogP contribution in [0.4, 0.5) is 0 Å². The first-order chi connectivity index (χ1) is 7.13. The minimum atomic E-state index is -0.574. The molecule has 1 saturated carbocycles. The SMILES string of the molecule is CCC(O)CN1C(=O)C2CCC(C2)C1=O. The van der Waals surface area contributed by atoms with Crippen LogP contribution in [-0.2, 0) is 9.59 Å². The number of nitrogens with zero attached hydrogens (tertiary/aromatic N) is 1. The molecule has 1 aliphatic heterocycles. The zero-order valence-corrected chi connectivity index (χ0v) is 8.98. The summed E-state index contributed by atoms with van der Waals surface area (Å²) >= 11 is 0. The highest BCUT2D eigenvalue weighted by Crippen LogP contribution is 2.38. The van der Waals surface area contributed by atoms with E-state index in [0.29, 0.717) is 6.42 Å². The molecule has 4 nitrogen and oxygen atoms in total. The summed E-state index contributed by atoms with van der Waals surface area (Å²) in [6, 6.07) is 0. The quantitative estimate of drug-likeness (QED) is 0.693. The third-order valence-corrected chi connectivity index (χ3v) is 3.53. The summed E-state index contributed by atoms with van der Waals surface area (Å²) in [5, 5.41) is 9.49. The van der Waals surface area contributed by atoms with Crippen molar-refractivity contribution in [2.24, 2.45) is 11.8 Å². The molecule has 1 N–H and O–H groups in total. The second-order valence-corrected chi connectivity index (χ2v) is 4.56. The molecular weight excluding hydrogens is 194 g/mol. The van der Waals surface area contributed by atoms with E-state index in [4.69, 9.17) is 0 Å². The average molecular weight is 211 g/mol. The molecule has 2 fully saturated rings. The van der Waals surface area contributed by atoms with Gasteiger partial charge < -0.3 is 5.11 Å². The number of likely N-dealkylation sites (tertiary alicyclic amines) is 1. The normalized spacial score (nSPS) is 32.3. The molecule has 15 heavy (non-hydrogen) atoms. The van der Waals surface area contributed by atoms with Crippen LogP contribution in [0.3, 0.4) is 0 Å². The molecule has 0 aromatic carbocycles. The summed E-state index contributed by atoms with van der Waals surface area (Å²) in [5.74, 6) is -0.0592. The molecular formula is C11H17NO3. The minimum absolute atomic E-state index is 0.0387. The Kier molecular flexibility index (Phi) is 2.78. The first-order valence-electron chi connectivity index (χ1n) is 5.66. The van der Waals surface area contributed by atoms with Crippen molar-refractivity contribution in [1.82, 2.24) is 4.90 Å². The summed E-state index contributed by atoms with van der Waals surface area (Å²) in [7, 11) is 0. The van der Waals surface area contributed by atoms with Crippen molar-refractivity contribution in [3.8, 4) is 0 Å². The molecule has 0 radical (unpaired) electrons. The van der Waals surface area contributed by atoms with Crippen molar-refractivity contribution in [1.29, 1.82) is 0 Å². The Bertz CT molecular complexity index is 268. The lowest BCUT2D eigenvalue weighted by atomic mass is 9.96. The number of imide groups is 1. The zero-order chi connectivity index (χ0) is 11.0. The lowest BCUT2D eigenvalue weighted by Crippen LogP contribution is -2.49. The summed E-state index contributed by atoms with van der Waals surface area (Å²) < 4.78 is 0. The van der Waals surface area contributed by atoms with E-state index in [0.717, 1.165) is 19.3 Å². The monoisotopic (exact) mass is 211 g/mol. The average Bonchev–Trinajstić information content (AvgIpc) is 2.68. The Morgan fingerprint density at radius 2 is 1.87 bits per heavy atom. The van der Waals surface area contributed by atoms with Crippen LogP contribution in [0.5, 0.6) is 0 Å². The lowest BCUT2D eigenvalue weighted by Gasteiger charge is -2.30. The van der Waals surface area contributed by atoms with E-state index in [9.17, 15) is 14.7 Å². The molecule has 3 atom stereocenters. The third-order valence-electron chi connectivity index (χ3n) is 3.53. The van der Waals surface area contributed by atoms with Crippen LogP contribution in [0.1, 0.15) is 32.6 Å². The maximum absolute atomic E-state index is 11.8. The number of hydrogen-bond acceptors (Lipinski definition) is 3. The van der Waals surface area contributed by atoms with E-state index in [2.05, 4.69) is 0 Å². The van der Waals surface area contributed by atoms with Crippen molar-refractivity contribution in [3.63, 3.8) is 0 Å². The van der Waals surface area contributed by atoms with Gasteiger partial charge in [-0.1, -0.05) is 6.92 Å². The van der Waals surface area contributed by atoms with Gasteiger partial charge >= 0.3 is 0 Å². The topological polar surface area (TPSA) is 57.6 Å². The Labute approximate surface area is 89.3 Å². The molecule has 2 bridgehead atoms. The number of aliphatic hydroxyl groups is 1. The van der Waals surface area contributed by atoms with Gasteiger partial charge in [0.25, 0.3) is 0 Å². The smallest absolute Gasteiger partial charge is 0.232 e. The van der Waals surface area contributed by atoms with E-state index >= 15 is 0 Å². The number of β-amino-alcohol motifs (C(OH)–C–C–N with tert-alkyl or cyclic N) is 1. The molecule has 1 saturated heterocycles. The van der Waals surface area contributed by atoms with Gasteiger partial charge in [0, 0.05) is 11.8 Å². The molecule has 4 heteroatoms. The highest BCUT2D eigenvalue weighted by molar-refractivity contribution is 6.00. The van der Waals surface area contributed by atoms with E-state index in [1.807, 2.05) is 6.92 Å². The number of hydrogen-bond donors (Lipinski definition) is 1. The molecule has 0 spiro atoms. The third kappa shape index (κ3) is 1.78. The van der Waals surface area contributed by atoms with E-state index in [-0.39, 0.29) is 30.2 Å². The number of amides is 2. The summed E-state index contributed by atoms with van der Waals surface area (Å²) in [4.78, 5) is 25.0. The number of carbonyl (C=O) groups excluding carboxylic acids is 2. The van der Waals surface area contributed by atoms with Crippen molar-refractivity contribution in [2.75, 3.05) is 6.54 Å². The fourth-order valence-electron chi connectivity index (χ4n) is 2.50. The maximum Gasteiger partial charge on any atom is 0.232 e. The second kappa shape index (κ2) is 3.93. The van der Waals surface area contributed by atoms with Crippen LogP contribution in [0.25, 0.3) is 0 Å². The maximum atomic E-state index is 11.8. The number of fused-ring (bicyclic) bond motifs is 2. The summed E-state index contributed by atoms with van der Waals surface area (Å²) in [6.07, 6.45) is 2.42. The number of carbonyl (C=O) groups is 2. The van der Waals surface area contributed by atoms with Crippen LogP contribution in [-0.4, -0.2) is 34.5 Å². The van der Waals surface area contributed by atoms with E-state index in [1.54, 1.807) is 0 Å². The highest BCUT2D eigenvalue weighted by Gasteiger charge is 2.45. The van der Waals surface area contributed by atoms with Gasteiger partial charge in [0.1, 0.15) is 0 Å². The van der Waals surface area contributed by atoms with Gasteiger partial charge in [-0.15, -0.1) is 0 Å². The standard InChI is InChI=1S/C11H17NO3/c1-2-9(13)6-12-10(14)7-3-4-8(5-7)11(12)15/h7-9,13H,2-6H2,1H3. The van der Waals surface area contributed by atoms with Gasteiger partial charge in [0.05, 0.1) is 12.6 Å². The Hall–Kier alpha value is -0.900. The molecule has 2 amide bonds. The van der Waals surface area contributed by atoms with Crippen LogP contribution in [0.2, 0.25) is 0 Å². The van der Waals surface area contributed by atoms with Crippen molar-refractivity contribution < 1.29 is 14.7 Å². The van der Waals surface area contributed by atoms with Crippen LogP contribution < -0.4 is 0 Å². The molecule has 84 valence electrons. The van der Waals surface area contributed by atoms with Gasteiger partial charge in [-0.2, -0.15) is 0 Å². The fraction of sp³-hybridized carbons (Fsp3) is 0.818. The molecule has 0 aromatic heterocycles. The predicted octanol–water partition coefficient (Wildman–Crippen LogP) is 0.542. The molecule has 2 aliphatic rings. The van der Waals surface area contributed by atoms with Gasteiger partial charge in [0.15, 0.2) is 0 Å². The van der Waals surface area contributed by atoms with Gasteiger partial charge in [-0.05, 0) is 25.7 Å². The second-order valence-electron chi connectivity index (χ2n) is 4.56. The van der Waals surface area contributed by atoms with Crippen molar-refractivity contribution in [3.05, 3.63) is 0 Å². The molecule has 1 aliphatic carbocycles. The van der Waals surface area contributed by atoms with Crippen LogP contribution in [0.15, 0.2) is 0 Å². The van der Waals surface area contributed by atoms with E-state index < -0.39 is 6.10 Å². The first kappa shape index (κ1) is 10.6. The lowest BCUT2D eigenvalue weighted by molar-refractivity contribution is -0.154. The minimum Gasteiger partial charge on any atom is -0.391 e. The predicted molar refractivity (Wildman–Crippen MR) is 53.8 cm³/mol. The van der Waals surface area contributed by atoms with Gasteiger partial charge in [0.2, 0.25) is 11.8 Å². The largest absolute Gasteiger partial charge is 0.391 e. The number of piperidine rings is 1. The van der Waals surface area contributed by atoms with E-state index in [1.165, 1.54) is 4.90 Å². The van der Waals surface area contributed by atoms with Gasteiger partial charge in [-0.25, -0.2) is 0 Å². The zero-order valence-electron chi connectivity index (χ0n) is 8.98. The number of aliphatic hydroxyl groups excluding tert-OH is 1. The molecule has 2 rings (SSSR count). The van der Waals surface area contributed by atoms with Crippen molar-refractivity contribution >= 4 is 11.8 Å². The van der Waals surface area contributed by atoms with Crippen LogP contribution in [0, 0.1) is 11.8 Å². The van der Waals surface area contributed by atoms with Crippen molar-refractivity contribution in [2.45, 2.75) is 38.7 Å². The molecule has 3 unspecified atom stereocenters. The first-order valence-corrected chi connectivity index (χ1v) is 5.66. The molecule has 0 aromatic rings. The molecule has 1 heterocycles. The Balaban J connectivity index is 2.10. The highest BCUT2D eigenvalue weighted by atomic mass is 16.3. The number of rotatable bonds is 3. The fourth-order valence-corrected chi connectivity index (χ4v) is 2.50. The Morgan fingerprint density at radius 3 is 2.33 bits per heavy atom. The van der Waals surface area contributed by atoms with Gasteiger partial charge in [-0.3, -0.25) is 14.5 Å². The summed E-state index contributed by atoms with van der Waals surface area (Å²) in [5.41, 5.74) is 0.